The van der Waals surface area contributed by atoms with Crippen LogP contribution in [-0.4, -0.2) is 6.54 Å². The van der Waals surface area contributed by atoms with Gasteiger partial charge in [0.1, 0.15) is 0 Å². The van der Waals surface area contributed by atoms with E-state index in [-0.39, 0.29) is 0 Å². The number of hydrogen-bond donors (Lipinski definition) is 1. The molecule has 0 heterocycles. The van der Waals surface area contributed by atoms with Crippen LogP contribution < -0.4 is 5.32 Å². The summed E-state index contributed by atoms with van der Waals surface area (Å²) in [5, 5.41) is 9.91. The Morgan fingerprint density at radius 2 is 1.62 bits per heavy atom. The van der Waals surface area contributed by atoms with Gasteiger partial charge in [-0.25, -0.2) is 5.26 Å². The van der Waals surface area contributed by atoms with Crippen molar-refractivity contribution in [1.29, 1.82) is 5.26 Å². The highest BCUT2D eigenvalue weighted by molar-refractivity contribution is 5.58. The van der Waals surface area contributed by atoms with E-state index < -0.39 is 0 Å². The van der Waals surface area contributed by atoms with Crippen LogP contribution in [0.25, 0.3) is 0 Å². The molecule has 2 nitrogen and oxygen atoms in total. The van der Waals surface area contributed by atoms with Crippen molar-refractivity contribution in [3.8, 4) is 6.57 Å². The van der Waals surface area contributed by atoms with E-state index in [1.807, 2.05) is 0 Å². The highest BCUT2D eigenvalue weighted by atomic mass is 14.9. The minimum absolute atomic E-state index is 0.995. The van der Waals surface area contributed by atoms with Crippen molar-refractivity contribution < 1.29 is 0 Å². The molecule has 16 heavy (non-hydrogen) atoms. The average molecular weight is 218 g/mol. The summed E-state index contributed by atoms with van der Waals surface area (Å²) >= 11 is 0. The first-order valence-electron chi connectivity index (χ1n) is 5.78. The molecule has 0 unspecified atom stereocenters. The summed E-state index contributed by atoms with van der Waals surface area (Å²) in [4.78, 5) is 0. The number of benzene rings is 1. The van der Waals surface area contributed by atoms with Gasteiger partial charge >= 0.3 is 0 Å². The topological polar surface area (TPSA) is 35.8 Å². The Hall–Kier alpha value is -1.49. The molecule has 0 atom stereocenters. The molecule has 1 N–H and O–H groups in total. The van der Waals surface area contributed by atoms with Gasteiger partial charge in [0.15, 0.2) is 0 Å². The number of hydrogen-bond acceptors (Lipinski definition) is 2. The summed E-state index contributed by atoms with van der Waals surface area (Å²) in [5.74, 6) is 0. The van der Waals surface area contributed by atoms with Crippen molar-refractivity contribution in [2.24, 2.45) is 0 Å². The van der Waals surface area contributed by atoms with Crippen LogP contribution >= 0.6 is 0 Å². The van der Waals surface area contributed by atoms with Gasteiger partial charge in [0.2, 0.25) is 0 Å². The zero-order valence-electron chi connectivity index (χ0n) is 10.8. The third-order valence-electron chi connectivity index (χ3n) is 2.48. The SMILES string of the molecule is C#N.CCCc1cc(C)c(NCC)c(C)c1. The zero-order chi connectivity index (χ0) is 12.6. The van der Waals surface area contributed by atoms with Gasteiger partial charge in [-0.15, -0.1) is 0 Å². The quantitative estimate of drug-likeness (QED) is 0.833. The number of nitriles is 1. The minimum atomic E-state index is 0.995. The van der Waals surface area contributed by atoms with E-state index in [4.69, 9.17) is 5.26 Å². The number of aryl methyl sites for hydroxylation is 3. The lowest BCUT2D eigenvalue weighted by molar-refractivity contribution is 0.918. The molecule has 2 heteroatoms. The van der Waals surface area contributed by atoms with Crippen molar-refractivity contribution in [3.05, 3.63) is 28.8 Å². The second-order valence-corrected chi connectivity index (χ2v) is 3.88. The first-order valence-corrected chi connectivity index (χ1v) is 5.78. The lowest BCUT2D eigenvalue weighted by atomic mass is 10.0. The lowest BCUT2D eigenvalue weighted by Crippen LogP contribution is -2.02. The van der Waals surface area contributed by atoms with E-state index in [9.17, 15) is 0 Å². The van der Waals surface area contributed by atoms with Crippen molar-refractivity contribution in [2.75, 3.05) is 11.9 Å². The molecule has 0 radical (unpaired) electrons. The van der Waals surface area contributed by atoms with Crippen LogP contribution in [0.5, 0.6) is 0 Å². The highest BCUT2D eigenvalue weighted by Gasteiger charge is 2.03. The molecule has 0 aliphatic rings. The maximum atomic E-state index is 6.50. The smallest absolute Gasteiger partial charge is 0.0462 e. The summed E-state index contributed by atoms with van der Waals surface area (Å²) in [7, 11) is 0. The van der Waals surface area contributed by atoms with E-state index in [1.54, 1.807) is 0 Å². The van der Waals surface area contributed by atoms with E-state index in [0.717, 1.165) is 6.54 Å². The lowest BCUT2D eigenvalue weighted by Gasteiger charge is -2.13. The molecular weight excluding hydrogens is 196 g/mol. The van der Waals surface area contributed by atoms with E-state index in [2.05, 4.69) is 51.7 Å². The molecule has 0 saturated heterocycles. The van der Waals surface area contributed by atoms with Gasteiger partial charge in [-0.1, -0.05) is 25.5 Å². The molecule has 0 fully saturated rings. The molecule has 0 spiro atoms. The second-order valence-electron chi connectivity index (χ2n) is 3.88. The van der Waals surface area contributed by atoms with Gasteiger partial charge < -0.3 is 5.32 Å². The second kappa shape index (κ2) is 7.76. The van der Waals surface area contributed by atoms with Gasteiger partial charge in [0, 0.05) is 18.8 Å². The van der Waals surface area contributed by atoms with E-state index in [0.29, 0.717) is 0 Å². The molecule has 0 saturated carbocycles. The fourth-order valence-corrected chi connectivity index (χ4v) is 1.94. The summed E-state index contributed by atoms with van der Waals surface area (Å²) < 4.78 is 0. The molecule has 0 aliphatic heterocycles. The summed E-state index contributed by atoms with van der Waals surface area (Å²) in [5.41, 5.74) is 5.52. The maximum Gasteiger partial charge on any atom is 0.0462 e. The Bertz CT molecular complexity index is 317. The van der Waals surface area contributed by atoms with Crippen LogP contribution in [0.3, 0.4) is 0 Å². The van der Waals surface area contributed by atoms with Gasteiger partial charge in [0.25, 0.3) is 0 Å². The molecule has 1 rings (SSSR count). The fourth-order valence-electron chi connectivity index (χ4n) is 1.94. The third-order valence-corrected chi connectivity index (χ3v) is 2.48. The first kappa shape index (κ1) is 14.5. The van der Waals surface area contributed by atoms with Gasteiger partial charge in [-0.3, -0.25) is 0 Å². The van der Waals surface area contributed by atoms with Crippen LogP contribution in [0.4, 0.5) is 5.69 Å². The van der Waals surface area contributed by atoms with E-state index in [1.165, 1.54) is 35.2 Å². The monoisotopic (exact) mass is 218 g/mol. The van der Waals surface area contributed by atoms with E-state index >= 15 is 0 Å². The molecule has 1 aromatic rings. The first-order chi connectivity index (χ1) is 7.69. The summed E-state index contributed by atoms with van der Waals surface area (Å²) in [6, 6.07) is 4.60. The molecule has 1 aromatic carbocycles. The van der Waals surface area contributed by atoms with Crippen LogP contribution in [0, 0.1) is 25.7 Å². The summed E-state index contributed by atoms with van der Waals surface area (Å²) in [6.45, 7) is 13.2. The summed E-state index contributed by atoms with van der Waals surface area (Å²) in [6.07, 6.45) is 2.41. The predicted octanol–water partition coefficient (Wildman–Crippen LogP) is 3.83. The molecule has 0 amide bonds. The molecular formula is C14H22N2. The zero-order valence-corrected chi connectivity index (χ0v) is 10.8. The Morgan fingerprint density at radius 1 is 1.12 bits per heavy atom. The standard InChI is InChI=1S/C13H21N.CHN/c1-5-7-12-8-10(3)13(14-6-2)11(4)9-12;1-2/h8-9,14H,5-7H2,1-4H3;1H. The number of anilines is 1. The number of nitrogens with zero attached hydrogens (tertiary/aromatic N) is 1. The van der Waals surface area contributed by atoms with Crippen molar-refractivity contribution in [2.45, 2.75) is 40.5 Å². The maximum absolute atomic E-state index is 6.50. The van der Waals surface area contributed by atoms with Crippen LogP contribution in [0.15, 0.2) is 12.1 Å². The normalized spacial score (nSPS) is 9.12. The Kier molecular flexibility index (Phi) is 7.03. The fraction of sp³-hybridized carbons (Fsp3) is 0.500. The molecule has 0 aromatic heterocycles. The van der Waals surface area contributed by atoms with Gasteiger partial charge in [-0.05, 0) is 43.9 Å². The average Bonchev–Trinajstić information content (AvgIpc) is 2.27. The highest BCUT2D eigenvalue weighted by Crippen LogP contribution is 2.22. The van der Waals surface area contributed by atoms with Crippen LogP contribution in [0.2, 0.25) is 0 Å². The number of nitrogens with one attached hydrogen (secondary N) is 1. The molecule has 88 valence electrons. The van der Waals surface area contributed by atoms with Crippen LogP contribution in [-0.2, 0) is 6.42 Å². The Labute approximate surface area is 99.3 Å². The molecule has 0 aliphatic carbocycles. The van der Waals surface area contributed by atoms with Gasteiger partial charge in [-0.2, -0.15) is 0 Å². The van der Waals surface area contributed by atoms with Crippen LogP contribution in [0.1, 0.15) is 37.0 Å². The predicted molar refractivity (Wildman–Crippen MR) is 70.7 cm³/mol. The largest absolute Gasteiger partial charge is 0.385 e. The Morgan fingerprint density at radius 3 is 2.00 bits per heavy atom. The third kappa shape index (κ3) is 3.94. The Balaban J connectivity index is 0.00000106. The number of rotatable bonds is 4. The molecule has 0 bridgehead atoms. The van der Waals surface area contributed by atoms with Gasteiger partial charge in [0.05, 0.1) is 0 Å². The minimum Gasteiger partial charge on any atom is -0.385 e. The van der Waals surface area contributed by atoms with Crippen molar-refractivity contribution in [3.63, 3.8) is 0 Å². The van der Waals surface area contributed by atoms with Crippen molar-refractivity contribution in [1.82, 2.24) is 0 Å². The van der Waals surface area contributed by atoms with Crippen molar-refractivity contribution >= 4 is 5.69 Å².